The van der Waals surface area contributed by atoms with Crippen LogP contribution >= 0.6 is 0 Å². The average molecular weight is 1090 g/mol. The molecule has 0 aromatic rings. The fourth-order valence-electron chi connectivity index (χ4n) is 9.75. The first-order valence-electron chi connectivity index (χ1n) is 32.0. The van der Waals surface area contributed by atoms with Crippen LogP contribution in [0.25, 0.3) is 0 Å². The highest BCUT2D eigenvalue weighted by atomic mass is 16.7. The van der Waals surface area contributed by atoms with Gasteiger partial charge in [-0.15, -0.1) is 0 Å². The predicted molar refractivity (Wildman–Crippen MR) is 313 cm³/mol. The van der Waals surface area contributed by atoms with Crippen molar-refractivity contribution in [1.29, 1.82) is 0 Å². The molecule has 0 aromatic heterocycles. The lowest BCUT2D eigenvalue weighted by Gasteiger charge is -2.40. The highest BCUT2D eigenvalue weighted by molar-refractivity contribution is 5.74. The van der Waals surface area contributed by atoms with Crippen molar-refractivity contribution in [2.75, 3.05) is 13.2 Å². The van der Waals surface area contributed by atoms with Gasteiger partial charge >= 0.3 is 23.9 Å². The molecule has 0 amide bonds. The molecular weight excluding hydrogens is 973 g/mol. The fourth-order valence-corrected chi connectivity index (χ4v) is 9.75. The van der Waals surface area contributed by atoms with Gasteiger partial charge in [0.05, 0.1) is 6.61 Å². The van der Waals surface area contributed by atoms with Crippen molar-refractivity contribution in [3.63, 3.8) is 0 Å². The Balaban J connectivity index is 2.64. The Kier molecular flexibility index (Phi) is 50.1. The number of esters is 3. The van der Waals surface area contributed by atoms with Crippen LogP contribution in [-0.4, -0.2) is 89.2 Å². The number of carboxylic acids is 1. The van der Waals surface area contributed by atoms with Crippen LogP contribution in [0.1, 0.15) is 303 Å². The minimum atomic E-state index is -1.90. The van der Waals surface area contributed by atoms with E-state index in [9.17, 15) is 34.5 Å². The summed E-state index contributed by atoms with van der Waals surface area (Å²) in [6.07, 6.45) is 51.1. The zero-order valence-corrected chi connectivity index (χ0v) is 49.5. The maximum Gasteiger partial charge on any atom is 0.335 e. The van der Waals surface area contributed by atoms with Gasteiger partial charge in [-0.3, -0.25) is 14.4 Å². The van der Waals surface area contributed by atoms with Gasteiger partial charge in [0, 0.05) is 19.3 Å². The van der Waals surface area contributed by atoms with Crippen LogP contribution in [0.4, 0.5) is 0 Å². The van der Waals surface area contributed by atoms with Gasteiger partial charge < -0.3 is 39.0 Å². The topological polar surface area (TPSA) is 175 Å². The molecule has 1 rings (SSSR count). The number of carbonyl (C=O) groups excluding carboxylic acids is 3. The third-order valence-electron chi connectivity index (χ3n) is 14.7. The van der Waals surface area contributed by atoms with Gasteiger partial charge in [0.25, 0.3) is 0 Å². The molecule has 6 atom stereocenters. The average Bonchev–Trinajstić information content (AvgIpc) is 3.42. The van der Waals surface area contributed by atoms with Crippen LogP contribution in [0.5, 0.6) is 0 Å². The lowest BCUT2D eigenvalue weighted by Crippen LogP contribution is -2.61. The van der Waals surface area contributed by atoms with E-state index in [-0.39, 0.29) is 25.9 Å². The predicted octanol–water partition coefficient (Wildman–Crippen LogP) is 16.8. The van der Waals surface area contributed by atoms with Crippen LogP contribution in [-0.2, 0) is 42.9 Å². The molecule has 1 saturated heterocycles. The molecule has 77 heavy (non-hydrogen) atoms. The Labute approximate surface area is 470 Å². The maximum absolute atomic E-state index is 13.2. The van der Waals surface area contributed by atoms with E-state index in [1.165, 1.54) is 154 Å². The van der Waals surface area contributed by atoms with Gasteiger partial charge in [-0.25, -0.2) is 4.79 Å². The summed E-state index contributed by atoms with van der Waals surface area (Å²) in [5, 5.41) is 31.5. The standard InChI is InChI=1S/C65H116O12/c1-4-7-10-13-16-19-22-24-26-28-29-31-32-34-37-39-42-45-48-51-57(66)73-54-56(75-58(67)52-49-46-43-41-38-35-33-30-27-25-23-20-17-14-11-8-5-2)55-74-65-63(61(70)60(69)62(77-65)64(71)72)76-59(68)53-50-47-44-40-36-21-18-15-12-9-6-3/h16,19,24-27,56,60-63,65,69-70H,4-15,17-18,20-23,28-55H2,1-3H3,(H,71,72)/b19-16-,26-24-,27-25-. The highest BCUT2D eigenvalue weighted by Gasteiger charge is 2.50. The number of hydrogen-bond donors (Lipinski definition) is 3. The summed E-state index contributed by atoms with van der Waals surface area (Å²) in [6.45, 7) is 5.98. The van der Waals surface area contributed by atoms with Crippen LogP contribution in [0, 0.1) is 0 Å². The number of allylic oxidation sites excluding steroid dienone is 6. The number of ether oxygens (including phenoxy) is 5. The SMILES string of the molecule is CCCCC/C=C\C/C=C\CCCCCCCCCCCC(=O)OCC(COC1OC(C(=O)O)C(O)C(O)C1OC(=O)CCCCCCCCCCCCC)OC(=O)CCCCCCCCC/C=C\CCCCCCCC. The molecular formula is C65H116O12. The number of hydrogen-bond acceptors (Lipinski definition) is 11. The van der Waals surface area contributed by atoms with Crippen molar-refractivity contribution in [2.24, 2.45) is 0 Å². The molecule has 3 N–H and O–H groups in total. The summed E-state index contributed by atoms with van der Waals surface area (Å²) < 4.78 is 28.5. The van der Waals surface area contributed by atoms with Gasteiger partial charge in [-0.2, -0.15) is 0 Å². The summed E-state index contributed by atoms with van der Waals surface area (Å²) in [5.74, 6) is -3.10. The molecule has 6 unspecified atom stereocenters. The lowest BCUT2D eigenvalue weighted by molar-refractivity contribution is -0.301. The lowest BCUT2D eigenvalue weighted by atomic mass is 9.98. The minimum absolute atomic E-state index is 0.0643. The molecule has 12 nitrogen and oxygen atoms in total. The Morgan fingerprint density at radius 3 is 1.21 bits per heavy atom. The number of aliphatic hydroxyl groups excluding tert-OH is 2. The van der Waals surface area contributed by atoms with Crippen molar-refractivity contribution in [2.45, 2.75) is 340 Å². The Bertz CT molecular complexity index is 1480. The molecule has 0 spiro atoms. The van der Waals surface area contributed by atoms with Crippen LogP contribution in [0.3, 0.4) is 0 Å². The van der Waals surface area contributed by atoms with E-state index in [2.05, 4.69) is 57.2 Å². The van der Waals surface area contributed by atoms with E-state index in [4.69, 9.17) is 23.7 Å². The van der Waals surface area contributed by atoms with E-state index in [1.807, 2.05) is 0 Å². The summed E-state index contributed by atoms with van der Waals surface area (Å²) in [4.78, 5) is 51.2. The largest absolute Gasteiger partial charge is 0.479 e. The van der Waals surface area contributed by atoms with Gasteiger partial charge in [-0.05, 0) is 77.0 Å². The van der Waals surface area contributed by atoms with E-state index >= 15 is 0 Å². The van der Waals surface area contributed by atoms with Crippen LogP contribution < -0.4 is 0 Å². The number of aliphatic hydroxyl groups is 2. The minimum Gasteiger partial charge on any atom is -0.479 e. The smallest absolute Gasteiger partial charge is 0.335 e. The molecule has 448 valence electrons. The molecule has 1 aliphatic heterocycles. The maximum atomic E-state index is 13.2. The summed E-state index contributed by atoms with van der Waals surface area (Å²) in [5.41, 5.74) is 0. The second kappa shape index (κ2) is 53.6. The van der Waals surface area contributed by atoms with Crippen molar-refractivity contribution < 1.29 is 58.2 Å². The second-order valence-corrected chi connectivity index (χ2v) is 22.0. The van der Waals surface area contributed by atoms with Gasteiger partial charge in [0.2, 0.25) is 0 Å². The number of carboxylic acid groups (broad SMARTS) is 1. The molecule has 0 saturated carbocycles. The third kappa shape index (κ3) is 43.4. The van der Waals surface area contributed by atoms with Crippen molar-refractivity contribution >= 4 is 23.9 Å². The van der Waals surface area contributed by atoms with Crippen LogP contribution in [0.15, 0.2) is 36.5 Å². The zero-order chi connectivity index (χ0) is 56.1. The Hall–Kier alpha value is -3.06. The number of aliphatic carboxylic acids is 1. The first-order chi connectivity index (χ1) is 37.6. The molecule has 1 heterocycles. The van der Waals surface area contributed by atoms with Gasteiger partial charge in [-0.1, -0.05) is 243 Å². The Morgan fingerprint density at radius 1 is 0.429 bits per heavy atom. The van der Waals surface area contributed by atoms with Crippen molar-refractivity contribution in [3.05, 3.63) is 36.5 Å². The third-order valence-corrected chi connectivity index (χ3v) is 14.7. The summed E-state index contributed by atoms with van der Waals surface area (Å²) in [7, 11) is 0. The van der Waals surface area contributed by atoms with E-state index in [0.717, 1.165) is 89.9 Å². The molecule has 0 radical (unpaired) electrons. The molecule has 1 aliphatic rings. The van der Waals surface area contributed by atoms with Gasteiger partial charge in [0.1, 0.15) is 18.8 Å². The molecule has 1 fully saturated rings. The van der Waals surface area contributed by atoms with E-state index in [1.54, 1.807) is 0 Å². The van der Waals surface area contributed by atoms with Crippen molar-refractivity contribution in [1.82, 2.24) is 0 Å². The first kappa shape index (κ1) is 72.0. The highest BCUT2D eigenvalue weighted by Crippen LogP contribution is 2.27. The quantitative estimate of drug-likeness (QED) is 0.0228. The molecule has 0 bridgehead atoms. The second-order valence-electron chi connectivity index (χ2n) is 22.0. The normalized spacial score (nSPS) is 18.2. The monoisotopic (exact) mass is 1090 g/mol. The summed E-state index contributed by atoms with van der Waals surface area (Å²) in [6, 6.07) is 0. The fraction of sp³-hybridized carbons (Fsp3) is 0.846. The molecule has 12 heteroatoms. The Morgan fingerprint density at radius 2 is 0.779 bits per heavy atom. The first-order valence-corrected chi connectivity index (χ1v) is 32.0. The molecule has 0 aromatic carbocycles. The summed E-state index contributed by atoms with van der Waals surface area (Å²) >= 11 is 0. The molecule has 0 aliphatic carbocycles. The number of unbranched alkanes of at least 4 members (excludes halogenated alkanes) is 35. The number of carbonyl (C=O) groups is 4. The number of rotatable bonds is 55. The van der Waals surface area contributed by atoms with E-state index < -0.39 is 67.3 Å². The zero-order valence-electron chi connectivity index (χ0n) is 49.5. The van der Waals surface area contributed by atoms with Crippen molar-refractivity contribution in [3.8, 4) is 0 Å². The van der Waals surface area contributed by atoms with Crippen LogP contribution in [0.2, 0.25) is 0 Å². The van der Waals surface area contributed by atoms with Gasteiger partial charge in [0.15, 0.2) is 24.6 Å². The van der Waals surface area contributed by atoms with E-state index in [0.29, 0.717) is 19.3 Å².